The van der Waals surface area contributed by atoms with Crippen molar-refractivity contribution in [3.05, 3.63) is 29.8 Å². The van der Waals surface area contributed by atoms with Crippen LogP contribution in [0.3, 0.4) is 0 Å². The minimum atomic E-state index is -0.509. The first-order chi connectivity index (χ1) is 8.19. The molecule has 1 unspecified atom stereocenters. The molecule has 1 aliphatic heterocycles. The summed E-state index contributed by atoms with van der Waals surface area (Å²) >= 11 is 0. The van der Waals surface area contributed by atoms with Gasteiger partial charge in [0, 0.05) is 13.1 Å². The molecule has 1 aromatic carbocycles. The summed E-state index contributed by atoms with van der Waals surface area (Å²) in [5, 5.41) is 9.38. The molecule has 0 aromatic heterocycles. The van der Waals surface area contributed by atoms with Crippen LogP contribution in [0.5, 0.6) is 5.75 Å². The SMILES string of the molecule is CCOc1ccc(CN2CC(O)CC2=O)cc1. The maximum absolute atomic E-state index is 11.5. The number of hydrogen-bond acceptors (Lipinski definition) is 3. The summed E-state index contributed by atoms with van der Waals surface area (Å²) in [6, 6.07) is 7.69. The van der Waals surface area contributed by atoms with E-state index in [1.807, 2.05) is 31.2 Å². The Balaban J connectivity index is 1.97. The molecular formula is C13H17NO3. The molecule has 0 aliphatic carbocycles. The van der Waals surface area contributed by atoms with Crippen molar-refractivity contribution < 1.29 is 14.6 Å². The molecule has 4 nitrogen and oxygen atoms in total. The lowest BCUT2D eigenvalue weighted by atomic mass is 10.2. The highest BCUT2D eigenvalue weighted by Gasteiger charge is 2.27. The van der Waals surface area contributed by atoms with E-state index in [-0.39, 0.29) is 12.3 Å². The molecule has 1 aliphatic rings. The lowest BCUT2D eigenvalue weighted by Crippen LogP contribution is -2.25. The minimum Gasteiger partial charge on any atom is -0.494 e. The van der Waals surface area contributed by atoms with E-state index in [1.54, 1.807) is 4.90 Å². The molecule has 1 heterocycles. The van der Waals surface area contributed by atoms with Crippen molar-refractivity contribution in [3.8, 4) is 5.75 Å². The van der Waals surface area contributed by atoms with Gasteiger partial charge >= 0.3 is 0 Å². The highest BCUT2D eigenvalue weighted by Crippen LogP contribution is 2.17. The van der Waals surface area contributed by atoms with Crippen molar-refractivity contribution in [2.45, 2.75) is 26.0 Å². The Morgan fingerprint density at radius 1 is 1.41 bits per heavy atom. The fourth-order valence-corrected chi connectivity index (χ4v) is 1.98. The highest BCUT2D eigenvalue weighted by atomic mass is 16.5. The summed E-state index contributed by atoms with van der Waals surface area (Å²) in [5.41, 5.74) is 1.05. The van der Waals surface area contributed by atoms with E-state index in [2.05, 4.69) is 0 Å². The molecular weight excluding hydrogens is 218 g/mol. The summed E-state index contributed by atoms with van der Waals surface area (Å²) in [6.45, 7) is 3.59. The molecule has 92 valence electrons. The summed E-state index contributed by atoms with van der Waals surface area (Å²) in [4.78, 5) is 13.2. The number of likely N-dealkylation sites (tertiary alicyclic amines) is 1. The molecule has 1 aromatic rings. The van der Waals surface area contributed by atoms with Crippen molar-refractivity contribution in [2.75, 3.05) is 13.2 Å². The fraction of sp³-hybridized carbons (Fsp3) is 0.462. The third kappa shape index (κ3) is 2.97. The molecule has 1 fully saturated rings. The van der Waals surface area contributed by atoms with Gasteiger partial charge in [-0.15, -0.1) is 0 Å². The van der Waals surface area contributed by atoms with Gasteiger partial charge in [-0.3, -0.25) is 4.79 Å². The van der Waals surface area contributed by atoms with Crippen LogP contribution in [0.1, 0.15) is 18.9 Å². The highest BCUT2D eigenvalue weighted by molar-refractivity contribution is 5.79. The number of nitrogens with zero attached hydrogens (tertiary/aromatic N) is 1. The van der Waals surface area contributed by atoms with Crippen molar-refractivity contribution in [1.29, 1.82) is 0 Å². The number of carbonyl (C=O) groups excluding carboxylic acids is 1. The Hall–Kier alpha value is -1.55. The molecule has 0 radical (unpaired) electrons. The van der Waals surface area contributed by atoms with Gasteiger partial charge in [-0.2, -0.15) is 0 Å². The predicted octanol–water partition coefficient (Wildman–Crippen LogP) is 1.18. The monoisotopic (exact) mass is 235 g/mol. The van der Waals surface area contributed by atoms with Gasteiger partial charge in [0.2, 0.25) is 5.91 Å². The van der Waals surface area contributed by atoms with Crippen LogP contribution in [0.25, 0.3) is 0 Å². The quantitative estimate of drug-likeness (QED) is 0.852. The topological polar surface area (TPSA) is 49.8 Å². The number of benzene rings is 1. The fourth-order valence-electron chi connectivity index (χ4n) is 1.98. The predicted molar refractivity (Wildman–Crippen MR) is 63.7 cm³/mol. The number of amides is 1. The van der Waals surface area contributed by atoms with Gasteiger partial charge < -0.3 is 14.7 Å². The van der Waals surface area contributed by atoms with Gasteiger partial charge in [0.25, 0.3) is 0 Å². The number of ether oxygens (including phenoxy) is 1. The van der Waals surface area contributed by atoms with Crippen LogP contribution in [-0.4, -0.2) is 35.2 Å². The van der Waals surface area contributed by atoms with Crippen LogP contribution in [0.2, 0.25) is 0 Å². The Bertz CT molecular complexity index is 388. The van der Waals surface area contributed by atoms with Crippen molar-refractivity contribution in [1.82, 2.24) is 4.90 Å². The normalized spacial score (nSPS) is 19.8. The van der Waals surface area contributed by atoms with Gasteiger partial charge in [0.05, 0.1) is 19.1 Å². The molecule has 0 spiro atoms. The van der Waals surface area contributed by atoms with Crippen LogP contribution in [0, 0.1) is 0 Å². The van der Waals surface area contributed by atoms with Crippen LogP contribution in [-0.2, 0) is 11.3 Å². The van der Waals surface area contributed by atoms with Crippen LogP contribution >= 0.6 is 0 Å². The second kappa shape index (κ2) is 5.19. The van der Waals surface area contributed by atoms with Crippen LogP contribution < -0.4 is 4.74 Å². The summed E-state index contributed by atoms with van der Waals surface area (Å²) in [5.74, 6) is 0.857. The molecule has 2 rings (SSSR count). The van der Waals surface area contributed by atoms with E-state index in [0.29, 0.717) is 19.7 Å². The molecule has 1 saturated heterocycles. The van der Waals surface area contributed by atoms with Gasteiger partial charge in [-0.1, -0.05) is 12.1 Å². The zero-order valence-electron chi connectivity index (χ0n) is 9.93. The molecule has 4 heteroatoms. The zero-order chi connectivity index (χ0) is 12.3. The number of aliphatic hydroxyl groups is 1. The van der Waals surface area contributed by atoms with E-state index in [4.69, 9.17) is 4.74 Å². The Labute approximate surface area is 101 Å². The van der Waals surface area contributed by atoms with Crippen LogP contribution in [0.15, 0.2) is 24.3 Å². The second-order valence-electron chi connectivity index (χ2n) is 4.21. The molecule has 17 heavy (non-hydrogen) atoms. The van der Waals surface area contributed by atoms with Crippen LogP contribution in [0.4, 0.5) is 0 Å². The first kappa shape index (κ1) is 11.9. The van der Waals surface area contributed by atoms with Gasteiger partial charge in [-0.05, 0) is 24.6 Å². The number of β-amino-alcohol motifs (C(OH)–C–C–N with tert-alkyl or cyclic N) is 1. The van der Waals surface area contributed by atoms with Crippen molar-refractivity contribution >= 4 is 5.91 Å². The zero-order valence-corrected chi connectivity index (χ0v) is 9.93. The maximum Gasteiger partial charge on any atom is 0.225 e. The first-order valence-corrected chi connectivity index (χ1v) is 5.86. The number of rotatable bonds is 4. The van der Waals surface area contributed by atoms with E-state index in [9.17, 15) is 9.90 Å². The van der Waals surface area contributed by atoms with Crippen molar-refractivity contribution in [2.24, 2.45) is 0 Å². The molecule has 0 saturated carbocycles. The van der Waals surface area contributed by atoms with E-state index in [1.165, 1.54) is 0 Å². The average Bonchev–Trinajstić information content (AvgIpc) is 2.61. The molecule has 1 atom stereocenters. The molecule has 1 amide bonds. The second-order valence-corrected chi connectivity index (χ2v) is 4.21. The largest absolute Gasteiger partial charge is 0.494 e. The van der Waals surface area contributed by atoms with Gasteiger partial charge in [0.1, 0.15) is 5.75 Å². The lowest BCUT2D eigenvalue weighted by Gasteiger charge is -2.15. The van der Waals surface area contributed by atoms with E-state index >= 15 is 0 Å². The number of aliphatic hydroxyl groups excluding tert-OH is 1. The van der Waals surface area contributed by atoms with E-state index < -0.39 is 6.10 Å². The molecule has 0 bridgehead atoms. The standard InChI is InChI=1S/C13H17NO3/c1-2-17-12-5-3-10(4-6-12)8-14-9-11(15)7-13(14)16/h3-6,11,15H,2,7-9H2,1H3. The Kier molecular flexibility index (Phi) is 3.64. The summed E-state index contributed by atoms with van der Waals surface area (Å²) in [7, 11) is 0. The Morgan fingerprint density at radius 3 is 2.65 bits per heavy atom. The molecule has 1 N–H and O–H groups in total. The Morgan fingerprint density at radius 2 is 2.12 bits per heavy atom. The summed E-state index contributed by atoms with van der Waals surface area (Å²) < 4.78 is 5.35. The third-order valence-electron chi connectivity index (χ3n) is 2.80. The lowest BCUT2D eigenvalue weighted by molar-refractivity contribution is -0.128. The number of hydrogen-bond donors (Lipinski definition) is 1. The van der Waals surface area contributed by atoms with Gasteiger partial charge in [0.15, 0.2) is 0 Å². The number of carbonyl (C=O) groups is 1. The van der Waals surface area contributed by atoms with Crippen molar-refractivity contribution in [3.63, 3.8) is 0 Å². The summed E-state index contributed by atoms with van der Waals surface area (Å²) in [6.07, 6.45) is -0.262. The third-order valence-corrected chi connectivity index (χ3v) is 2.80. The minimum absolute atomic E-state index is 0.0198. The maximum atomic E-state index is 11.5. The van der Waals surface area contributed by atoms with Gasteiger partial charge in [-0.25, -0.2) is 0 Å². The smallest absolute Gasteiger partial charge is 0.225 e. The average molecular weight is 235 g/mol. The first-order valence-electron chi connectivity index (χ1n) is 5.86. The van der Waals surface area contributed by atoms with E-state index in [0.717, 1.165) is 11.3 Å².